The minimum Gasteiger partial charge on any atom is -0.369 e. The van der Waals surface area contributed by atoms with E-state index in [1.807, 2.05) is 49.1 Å². The van der Waals surface area contributed by atoms with E-state index in [-0.39, 0.29) is 41.0 Å². The van der Waals surface area contributed by atoms with Crippen molar-refractivity contribution in [2.45, 2.75) is 70.9 Å². The molecule has 1 heterocycles. The Hall–Kier alpha value is -2.37. The summed E-state index contributed by atoms with van der Waals surface area (Å²) in [5.74, 6) is 0.697. The van der Waals surface area contributed by atoms with Crippen LogP contribution in [0, 0.1) is 28.6 Å². The lowest BCUT2D eigenvalue weighted by molar-refractivity contribution is -0.152. The van der Waals surface area contributed by atoms with E-state index >= 15 is 0 Å². The number of rotatable bonds is 5. The van der Waals surface area contributed by atoms with E-state index in [1.54, 1.807) is 6.92 Å². The first-order valence-corrected chi connectivity index (χ1v) is 12.1. The molecule has 1 aromatic rings. The van der Waals surface area contributed by atoms with Crippen LogP contribution in [0.3, 0.4) is 0 Å². The summed E-state index contributed by atoms with van der Waals surface area (Å²) in [4.78, 5) is 41.2. The van der Waals surface area contributed by atoms with Crippen LogP contribution >= 0.6 is 0 Å². The van der Waals surface area contributed by atoms with Gasteiger partial charge in [0.2, 0.25) is 17.7 Å². The molecule has 4 bridgehead atoms. The van der Waals surface area contributed by atoms with Crippen molar-refractivity contribution in [3.8, 4) is 0 Å². The topological polar surface area (TPSA) is 92.5 Å². The molecule has 4 aliphatic carbocycles. The van der Waals surface area contributed by atoms with Crippen molar-refractivity contribution in [2.24, 2.45) is 34.3 Å². The number of hydrogen-bond acceptors (Lipinski definition) is 3. The van der Waals surface area contributed by atoms with Crippen LogP contribution in [-0.4, -0.2) is 35.2 Å². The number of nitrogens with one attached hydrogen (secondary N) is 1. The zero-order valence-corrected chi connectivity index (χ0v) is 19.4. The summed E-state index contributed by atoms with van der Waals surface area (Å²) < 4.78 is 0. The first-order chi connectivity index (χ1) is 15.1. The molecule has 3 N–H and O–H groups in total. The van der Waals surface area contributed by atoms with Crippen molar-refractivity contribution in [3.05, 3.63) is 35.9 Å². The van der Waals surface area contributed by atoms with Crippen LogP contribution in [-0.2, 0) is 19.9 Å². The minimum atomic E-state index is -1.05. The average Bonchev–Trinajstić information content (AvgIpc) is 3.07. The molecule has 5 aliphatic rings. The molecule has 0 radical (unpaired) electrons. The number of nitrogens with zero attached hydrogens (tertiary/aromatic N) is 1. The van der Waals surface area contributed by atoms with Gasteiger partial charge in [0.1, 0.15) is 5.41 Å². The molecular formula is C26H35N3O3. The Labute approximate surface area is 190 Å². The standard InChI is InChI=1S/C26H35N3O3/c1-24(2,19-7-5-4-6-8-19)29-10-9-25(3,23(29)32)22(31)28-20-17-11-16-12-18(20)15-26(13-16,14-17)21(27)30/h4-8,16-18,20H,9-15H2,1-3H3,(H2,27,30)(H,28,31). The lowest BCUT2D eigenvalue weighted by atomic mass is 9.47. The SMILES string of the molecule is CC1(C(=O)NC2C3CC4CC2CC(C(N)=O)(C4)C3)CCN(C(C)(C)c2ccccc2)C1=O. The predicted octanol–water partition coefficient (Wildman–Crippen LogP) is 2.96. The third-order valence-corrected chi connectivity index (χ3v) is 9.30. The van der Waals surface area contributed by atoms with Gasteiger partial charge in [-0.1, -0.05) is 30.3 Å². The fourth-order valence-corrected chi connectivity index (χ4v) is 7.46. The molecule has 4 saturated carbocycles. The molecule has 3 amide bonds. The number of carbonyl (C=O) groups is 3. The number of carbonyl (C=O) groups excluding carboxylic acids is 3. The highest BCUT2D eigenvalue weighted by Crippen LogP contribution is 2.60. The Balaban J connectivity index is 1.32. The van der Waals surface area contributed by atoms with E-state index < -0.39 is 11.0 Å². The molecule has 3 atom stereocenters. The Morgan fingerprint density at radius 3 is 2.31 bits per heavy atom. The second-order valence-corrected chi connectivity index (χ2v) is 11.6. The molecule has 6 nitrogen and oxygen atoms in total. The molecule has 1 aromatic carbocycles. The van der Waals surface area contributed by atoms with Gasteiger partial charge in [-0.3, -0.25) is 14.4 Å². The summed E-state index contributed by atoms with van der Waals surface area (Å²) in [6.45, 7) is 6.46. The maximum Gasteiger partial charge on any atom is 0.238 e. The Morgan fingerprint density at radius 2 is 1.72 bits per heavy atom. The van der Waals surface area contributed by atoms with Gasteiger partial charge in [0, 0.05) is 18.0 Å². The van der Waals surface area contributed by atoms with Gasteiger partial charge in [-0.2, -0.15) is 0 Å². The zero-order chi connectivity index (χ0) is 22.9. The number of primary amides is 1. The Bertz CT molecular complexity index is 942. The average molecular weight is 438 g/mol. The van der Waals surface area contributed by atoms with Crippen LogP contribution in [0.4, 0.5) is 0 Å². The first kappa shape index (κ1) is 21.5. The summed E-state index contributed by atoms with van der Waals surface area (Å²) in [7, 11) is 0. The molecule has 6 heteroatoms. The third-order valence-electron chi connectivity index (χ3n) is 9.30. The maximum atomic E-state index is 13.6. The summed E-state index contributed by atoms with van der Waals surface area (Å²) in [6, 6.07) is 10.0. The molecule has 0 aromatic heterocycles. The van der Waals surface area contributed by atoms with Gasteiger partial charge in [0.25, 0.3) is 0 Å². The highest BCUT2D eigenvalue weighted by atomic mass is 16.2. The first-order valence-electron chi connectivity index (χ1n) is 12.1. The van der Waals surface area contributed by atoms with Crippen molar-refractivity contribution in [2.75, 3.05) is 6.54 Å². The fraction of sp³-hybridized carbons (Fsp3) is 0.654. The highest BCUT2D eigenvalue weighted by Gasteiger charge is 2.59. The van der Waals surface area contributed by atoms with Crippen molar-refractivity contribution < 1.29 is 14.4 Å². The lowest BCUT2D eigenvalue weighted by Crippen LogP contribution is -2.63. The van der Waals surface area contributed by atoms with Gasteiger partial charge in [0.15, 0.2) is 0 Å². The summed E-state index contributed by atoms with van der Waals surface area (Å²) in [5, 5.41) is 3.30. The summed E-state index contributed by atoms with van der Waals surface area (Å²) >= 11 is 0. The summed E-state index contributed by atoms with van der Waals surface area (Å²) in [6.07, 6.45) is 5.08. The van der Waals surface area contributed by atoms with Crippen LogP contribution in [0.5, 0.6) is 0 Å². The maximum absolute atomic E-state index is 13.6. The van der Waals surface area contributed by atoms with Gasteiger partial charge in [0.05, 0.1) is 5.54 Å². The molecule has 5 fully saturated rings. The Kier molecular flexibility index (Phi) is 4.74. The quantitative estimate of drug-likeness (QED) is 0.694. The van der Waals surface area contributed by atoms with Gasteiger partial charge in [-0.05, 0) is 82.6 Å². The molecule has 1 aliphatic heterocycles. The van der Waals surface area contributed by atoms with Crippen molar-refractivity contribution >= 4 is 17.7 Å². The van der Waals surface area contributed by atoms with Gasteiger partial charge < -0.3 is 16.0 Å². The van der Waals surface area contributed by atoms with Crippen LogP contribution < -0.4 is 11.1 Å². The highest BCUT2D eigenvalue weighted by molar-refractivity contribution is 6.06. The van der Waals surface area contributed by atoms with Crippen molar-refractivity contribution in [1.82, 2.24) is 10.2 Å². The van der Waals surface area contributed by atoms with Crippen molar-refractivity contribution in [1.29, 1.82) is 0 Å². The predicted molar refractivity (Wildman–Crippen MR) is 121 cm³/mol. The molecule has 0 spiro atoms. The third kappa shape index (κ3) is 3.01. The van der Waals surface area contributed by atoms with E-state index in [1.165, 1.54) is 0 Å². The summed E-state index contributed by atoms with van der Waals surface area (Å²) in [5.41, 5.74) is 4.96. The second-order valence-electron chi connectivity index (χ2n) is 11.6. The Morgan fingerprint density at radius 1 is 1.09 bits per heavy atom. The van der Waals surface area contributed by atoms with Crippen molar-refractivity contribution in [3.63, 3.8) is 0 Å². The zero-order valence-electron chi connectivity index (χ0n) is 19.4. The van der Waals surface area contributed by atoms with Gasteiger partial charge >= 0.3 is 0 Å². The van der Waals surface area contributed by atoms with E-state index in [9.17, 15) is 14.4 Å². The minimum absolute atomic E-state index is 0.0485. The largest absolute Gasteiger partial charge is 0.369 e. The normalized spacial score (nSPS) is 38.2. The molecule has 172 valence electrons. The number of nitrogens with two attached hydrogens (primary N) is 1. The van der Waals surface area contributed by atoms with E-state index in [2.05, 4.69) is 5.32 Å². The van der Waals surface area contributed by atoms with Crippen LogP contribution in [0.2, 0.25) is 0 Å². The van der Waals surface area contributed by atoms with E-state index in [0.29, 0.717) is 18.9 Å². The molecular weight excluding hydrogens is 402 g/mol. The molecule has 32 heavy (non-hydrogen) atoms. The fourth-order valence-electron chi connectivity index (χ4n) is 7.46. The second kappa shape index (κ2) is 7.06. The number of hydrogen-bond donors (Lipinski definition) is 2. The van der Waals surface area contributed by atoms with E-state index in [0.717, 1.165) is 37.7 Å². The smallest absolute Gasteiger partial charge is 0.238 e. The van der Waals surface area contributed by atoms with Gasteiger partial charge in [-0.25, -0.2) is 0 Å². The number of benzene rings is 1. The van der Waals surface area contributed by atoms with Crippen LogP contribution in [0.1, 0.15) is 64.9 Å². The molecule has 6 rings (SSSR count). The molecule has 3 unspecified atom stereocenters. The van der Waals surface area contributed by atoms with E-state index in [4.69, 9.17) is 5.73 Å². The molecule has 1 saturated heterocycles. The lowest BCUT2D eigenvalue weighted by Gasteiger charge is -2.59. The van der Waals surface area contributed by atoms with Crippen LogP contribution in [0.15, 0.2) is 30.3 Å². The van der Waals surface area contributed by atoms with Gasteiger partial charge in [-0.15, -0.1) is 0 Å². The monoisotopic (exact) mass is 437 g/mol. The van der Waals surface area contributed by atoms with Crippen LogP contribution in [0.25, 0.3) is 0 Å². The number of likely N-dealkylation sites (tertiary alicyclic amines) is 1. The number of amides is 3.